The van der Waals surface area contributed by atoms with Crippen molar-refractivity contribution in [3.8, 4) is 17.0 Å². The molecule has 1 heterocycles. The molecule has 1 aromatic carbocycles. The molecule has 0 aliphatic heterocycles. The number of aromatic amines is 1. The molecule has 1 saturated carbocycles. The van der Waals surface area contributed by atoms with E-state index >= 15 is 0 Å². The van der Waals surface area contributed by atoms with Crippen molar-refractivity contribution in [2.75, 3.05) is 0 Å². The Balaban J connectivity index is 2.32. The fraction of sp³-hybridized carbons (Fsp3) is 0.286. The highest BCUT2D eigenvalue weighted by Gasteiger charge is 2.42. The summed E-state index contributed by atoms with van der Waals surface area (Å²) in [6.07, 6.45) is 1.49. The van der Waals surface area contributed by atoms with Crippen LogP contribution in [-0.2, 0) is 5.54 Å². The van der Waals surface area contributed by atoms with Crippen molar-refractivity contribution in [1.82, 2.24) is 9.55 Å². The van der Waals surface area contributed by atoms with Crippen LogP contribution < -0.4 is 11.2 Å². The standard InChI is InChI=1S/C14H13FN2O3/c1-14(5-6-14)17-12(19)10(11(18)16-13(17)20)8-3-2-4-9(15)7-8/h2-4,7,19H,5-6H2,1H3,(H,16,18,20). The van der Waals surface area contributed by atoms with Gasteiger partial charge < -0.3 is 5.11 Å². The van der Waals surface area contributed by atoms with Crippen molar-refractivity contribution < 1.29 is 9.50 Å². The Morgan fingerprint density at radius 2 is 2.05 bits per heavy atom. The number of hydrogen-bond acceptors (Lipinski definition) is 3. The Morgan fingerprint density at radius 3 is 2.65 bits per heavy atom. The van der Waals surface area contributed by atoms with Crippen molar-refractivity contribution in [3.05, 3.63) is 50.9 Å². The van der Waals surface area contributed by atoms with E-state index in [9.17, 15) is 19.1 Å². The number of hydrogen-bond donors (Lipinski definition) is 2. The number of rotatable bonds is 2. The van der Waals surface area contributed by atoms with E-state index in [-0.39, 0.29) is 11.1 Å². The zero-order chi connectivity index (χ0) is 14.5. The number of aromatic nitrogens is 2. The van der Waals surface area contributed by atoms with Gasteiger partial charge in [-0.25, -0.2) is 9.18 Å². The fourth-order valence-corrected chi connectivity index (χ4v) is 2.33. The molecule has 20 heavy (non-hydrogen) atoms. The number of benzene rings is 1. The first-order chi connectivity index (χ1) is 9.42. The lowest BCUT2D eigenvalue weighted by Gasteiger charge is -2.16. The minimum atomic E-state index is -0.724. The van der Waals surface area contributed by atoms with E-state index in [2.05, 4.69) is 4.98 Å². The number of nitrogens with one attached hydrogen (secondary N) is 1. The van der Waals surface area contributed by atoms with Crippen LogP contribution in [0.3, 0.4) is 0 Å². The monoisotopic (exact) mass is 276 g/mol. The molecule has 3 rings (SSSR count). The van der Waals surface area contributed by atoms with Crippen molar-refractivity contribution in [1.29, 1.82) is 0 Å². The van der Waals surface area contributed by atoms with Crippen LogP contribution in [0.1, 0.15) is 19.8 Å². The normalized spacial score (nSPS) is 16.1. The summed E-state index contributed by atoms with van der Waals surface area (Å²) in [5, 5.41) is 10.3. The first-order valence-corrected chi connectivity index (χ1v) is 6.27. The van der Waals surface area contributed by atoms with Crippen LogP contribution >= 0.6 is 0 Å². The van der Waals surface area contributed by atoms with Crippen molar-refractivity contribution >= 4 is 0 Å². The second-order valence-corrected chi connectivity index (χ2v) is 5.30. The summed E-state index contributed by atoms with van der Waals surface area (Å²) in [4.78, 5) is 26.0. The molecular formula is C14H13FN2O3. The average molecular weight is 276 g/mol. The highest BCUT2D eigenvalue weighted by molar-refractivity contribution is 5.67. The summed E-state index contributed by atoms with van der Waals surface area (Å²) in [5.74, 6) is -0.930. The van der Waals surface area contributed by atoms with Gasteiger partial charge in [-0.2, -0.15) is 0 Å². The SMILES string of the molecule is CC1(n2c(O)c(-c3cccc(F)c3)c(=O)[nH]c2=O)CC1. The third-order valence-corrected chi connectivity index (χ3v) is 3.71. The highest BCUT2D eigenvalue weighted by atomic mass is 19.1. The zero-order valence-corrected chi connectivity index (χ0v) is 10.8. The lowest BCUT2D eigenvalue weighted by atomic mass is 10.1. The first kappa shape index (κ1) is 12.7. The van der Waals surface area contributed by atoms with Crippen LogP contribution in [0.5, 0.6) is 5.88 Å². The maximum Gasteiger partial charge on any atom is 0.331 e. The minimum absolute atomic E-state index is 0.0859. The lowest BCUT2D eigenvalue weighted by molar-refractivity contribution is 0.364. The van der Waals surface area contributed by atoms with E-state index < -0.39 is 28.5 Å². The van der Waals surface area contributed by atoms with Crippen LogP contribution in [-0.4, -0.2) is 14.7 Å². The van der Waals surface area contributed by atoms with Gasteiger partial charge >= 0.3 is 5.69 Å². The third kappa shape index (κ3) is 1.84. The molecule has 1 aliphatic rings. The smallest absolute Gasteiger partial charge is 0.331 e. The number of nitrogens with zero attached hydrogens (tertiary/aromatic N) is 1. The van der Waals surface area contributed by atoms with Gasteiger partial charge in [0.15, 0.2) is 0 Å². The van der Waals surface area contributed by atoms with Gasteiger partial charge in [-0.05, 0) is 37.5 Å². The van der Waals surface area contributed by atoms with Crippen molar-refractivity contribution in [2.24, 2.45) is 0 Å². The molecule has 0 atom stereocenters. The van der Waals surface area contributed by atoms with Crippen LogP contribution in [0.4, 0.5) is 4.39 Å². The molecule has 6 heteroatoms. The quantitative estimate of drug-likeness (QED) is 0.874. The average Bonchev–Trinajstić information content (AvgIpc) is 3.07. The van der Waals surface area contributed by atoms with Gasteiger partial charge in [-0.1, -0.05) is 12.1 Å². The first-order valence-electron chi connectivity index (χ1n) is 6.27. The van der Waals surface area contributed by atoms with E-state index in [1.165, 1.54) is 22.8 Å². The number of aromatic hydroxyl groups is 1. The van der Waals surface area contributed by atoms with Crippen molar-refractivity contribution in [2.45, 2.75) is 25.3 Å². The predicted molar refractivity (Wildman–Crippen MR) is 71.3 cm³/mol. The summed E-state index contributed by atoms with van der Waals surface area (Å²) in [7, 11) is 0. The van der Waals surface area contributed by atoms with Gasteiger partial charge in [0.25, 0.3) is 5.56 Å². The summed E-state index contributed by atoms with van der Waals surface area (Å²) >= 11 is 0. The van der Waals surface area contributed by atoms with Crippen LogP contribution in [0.15, 0.2) is 33.9 Å². The van der Waals surface area contributed by atoms with E-state index in [1.54, 1.807) is 0 Å². The highest BCUT2D eigenvalue weighted by Crippen LogP contribution is 2.44. The lowest BCUT2D eigenvalue weighted by Crippen LogP contribution is -2.35. The minimum Gasteiger partial charge on any atom is -0.494 e. The largest absolute Gasteiger partial charge is 0.494 e. The molecule has 0 amide bonds. The maximum atomic E-state index is 13.3. The van der Waals surface area contributed by atoms with Gasteiger partial charge in [-0.3, -0.25) is 14.3 Å². The molecule has 0 bridgehead atoms. The van der Waals surface area contributed by atoms with E-state index in [0.717, 1.165) is 18.9 Å². The Kier molecular flexibility index (Phi) is 2.57. The zero-order valence-electron chi connectivity index (χ0n) is 10.8. The molecule has 0 radical (unpaired) electrons. The van der Waals surface area contributed by atoms with Gasteiger partial charge in [0, 0.05) is 5.54 Å². The molecule has 1 aliphatic carbocycles. The molecule has 0 saturated heterocycles. The van der Waals surface area contributed by atoms with Crippen LogP contribution in [0.25, 0.3) is 11.1 Å². The third-order valence-electron chi connectivity index (χ3n) is 3.71. The molecule has 0 unspecified atom stereocenters. The Morgan fingerprint density at radius 1 is 1.35 bits per heavy atom. The molecule has 5 nitrogen and oxygen atoms in total. The van der Waals surface area contributed by atoms with E-state index in [0.29, 0.717) is 0 Å². The Bertz CT molecular complexity index is 803. The topological polar surface area (TPSA) is 75.1 Å². The molecule has 2 aromatic rings. The summed E-state index contributed by atoms with van der Waals surface area (Å²) in [6, 6.07) is 5.34. The summed E-state index contributed by atoms with van der Waals surface area (Å²) < 4.78 is 14.5. The molecule has 1 aromatic heterocycles. The van der Waals surface area contributed by atoms with E-state index in [1.807, 2.05) is 6.92 Å². The molecule has 0 spiro atoms. The van der Waals surface area contributed by atoms with Crippen LogP contribution in [0, 0.1) is 5.82 Å². The predicted octanol–water partition coefficient (Wildman–Crippen LogP) is 1.56. The molecule has 2 N–H and O–H groups in total. The van der Waals surface area contributed by atoms with Gasteiger partial charge in [-0.15, -0.1) is 0 Å². The Labute approximate surface area is 113 Å². The van der Waals surface area contributed by atoms with Gasteiger partial charge in [0.1, 0.15) is 11.4 Å². The molecular weight excluding hydrogens is 263 g/mol. The maximum absolute atomic E-state index is 13.3. The Hall–Kier alpha value is -2.37. The van der Waals surface area contributed by atoms with Gasteiger partial charge in [0.2, 0.25) is 5.88 Å². The van der Waals surface area contributed by atoms with E-state index in [4.69, 9.17) is 0 Å². The summed E-state index contributed by atoms with van der Waals surface area (Å²) in [5.41, 5.74) is -1.70. The number of halogens is 1. The second kappa shape index (κ2) is 4.06. The van der Waals surface area contributed by atoms with Gasteiger partial charge in [0.05, 0.1) is 0 Å². The van der Waals surface area contributed by atoms with Crippen molar-refractivity contribution in [3.63, 3.8) is 0 Å². The second-order valence-electron chi connectivity index (χ2n) is 5.30. The fourth-order valence-electron chi connectivity index (χ4n) is 2.33. The van der Waals surface area contributed by atoms with Crippen LogP contribution in [0.2, 0.25) is 0 Å². The summed E-state index contributed by atoms with van der Waals surface area (Å²) in [6.45, 7) is 1.82. The molecule has 104 valence electrons. The molecule has 1 fully saturated rings. The number of H-pyrrole nitrogens is 1.